The number of piperidine rings is 1. The molecule has 0 aromatic carbocycles. The van der Waals surface area contributed by atoms with Gasteiger partial charge in [0.05, 0.1) is 5.51 Å². The maximum atomic E-state index is 12.5. The van der Waals surface area contributed by atoms with Crippen LogP contribution < -0.4 is 5.73 Å². The van der Waals surface area contributed by atoms with Gasteiger partial charge in [-0.25, -0.2) is 4.98 Å². The number of hydrogen-bond donors (Lipinski definition) is 1. The fraction of sp³-hybridized carbons (Fsp3) is 0.500. The second-order valence-electron chi connectivity index (χ2n) is 6.01. The zero-order chi connectivity index (χ0) is 20.0. The molecule has 7 nitrogen and oxygen atoms in total. The van der Waals surface area contributed by atoms with Gasteiger partial charge in [-0.05, 0) is 32.3 Å². The fourth-order valence-corrected chi connectivity index (χ4v) is 3.06. The van der Waals surface area contributed by atoms with E-state index in [1.165, 1.54) is 18.3 Å². The maximum Gasteiger partial charge on any atom is 0.435 e. The van der Waals surface area contributed by atoms with Crippen LogP contribution >= 0.6 is 11.3 Å². The molecule has 0 atom stereocenters. The van der Waals surface area contributed by atoms with Crippen molar-refractivity contribution in [2.75, 3.05) is 13.1 Å². The summed E-state index contributed by atoms with van der Waals surface area (Å²) in [6, 6.07) is 0.962. The number of primary amides is 1. The third-order valence-corrected chi connectivity index (χ3v) is 4.54. The van der Waals surface area contributed by atoms with Crippen LogP contribution in [0, 0.1) is 6.92 Å². The molecule has 0 aliphatic carbocycles. The Bertz CT molecular complexity index is 768. The molecule has 2 aromatic heterocycles. The van der Waals surface area contributed by atoms with Crippen molar-refractivity contribution < 1.29 is 22.8 Å². The number of nitrogens with zero attached hydrogens (tertiary/aromatic N) is 4. The van der Waals surface area contributed by atoms with Crippen molar-refractivity contribution in [3.8, 4) is 0 Å². The Morgan fingerprint density at radius 1 is 1.26 bits per heavy atom. The van der Waals surface area contributed by atoms with Gasteiger partial charge in [-0.15, -0.1) is 11.3 Å². The van der Waals surface area contributed by atoms with Crippen LogP contribution in [0.4, 0.5) is 13.2 Å². The number of carbonyl (C=O) groups is 2. The molecule has 2 amide bonds. The van der Waals surface area contributed by atoms with E-state index in [1.54, 1.807) is 15.8 Å². The van der Waals surface area contributed by atoms with Crippen molar-refractivity contribution in [2.24, 2.45) is 5.73 Å². The molecule has 1 aliphatic rings. The van der Waals surface area contributed by atoms with E-state index >= 15 is 0 Å². The predicted molar refractivity (Wildman–Crippen MR) is 93.0 cm³/mol. The van der Waals surface area contributed by atoms with Gasteiger partial charge in [-0.3, -0.25) is 14.3 Å². The first-order valence-corrected chi connectivity index (χ1v) is 9.20. The standard InChI is InChI=1S/C12H16F3N3O.C4H4N2OS/c1-9-7-10(12(13,14)15)16-18(9)8-11(19)17-5-3-2-4-6-17;5-4(7)3-1-8-2-6-3/h7H,2-6,8H2,1H3;1-2H,(H2,5,7). The molecule has 0 unspecified atom stereocenters. The number of halogens is 3. The van der Waals surface area contributed by atoms with Crippen LogP contribution in [0.3, 0.4) is 0 Å². The molecular formula is C16H20F3N5O2S. The molecule has 1 saturated heterocycles. The van der Waals surface area contributed by atoms with Crippen LogP contribution in [0.5, 0.6) is 0 Å². The molecule has 0 spiro atoms. The second-order valence-corrected chi connectivity index (χ2v) is 6.72. The number of likely N-dealkylation sites (tertiary alicyclic amines) is 1. The summed E-state index contributed by atoms with van der Waals surface area (Å²) < 4.78 is 38.6. The Morgan fingerprint density at radius 2 is 1.93 bits per heavy atom. The minimum atomic E-state index is -4.47. The lowest BCUT2D eigenvalue weighted by Gasteiger charge is -2.26. The van der Waals surface area contributed by atoms with Gasteiger partial charge in [0.15, 0.2) is 5.69 Å². The van der Waals surface area contributed by atoms with Gasteiger partial charge in [0.25, 0.3) is 5.91 Å². The van der Waals surface area contributed by atoms with Crippen LogP contribution in [0.25, 0.3) is 0 Å². The van der Waals surface area contributed by atoms with Gasteiger partial charge in [-0.2, -0.15) is 18.3 Å². The van der Waals surface area contributed by atoms with Crippen LogP contribution in [-0.2, 0) is 17.5 Å². The first kappa shape index (κ1) is 20.9. The van der Waals surface area contributed by atoms with Gasteiger partial charge in [0.1, 0.15) is 12.2 Å². The molecule has 1 fully saturated rings. The maximum absolute atomic E-state index is 12.5. The zero-order valence-corrected chi connectivity index (χ0v) is 15.5. The highest BCUT2D eigenvalue weighted by Gasteiger charge is 2.34. The van der Waals surface area contributed by atoms with Crippen molar-refractivity contribution in [2.45, 2.75) is 38.9 Å². The average molecular weight is 403 g/mol. The number of alkyl halides is 3. The van der Waals surface area contributed by atoms with E-state index in [0.29, 0.717) is 24.5 Å². The number of rotatable bonds is 3. The highest BCUT2D eigenvalue weighted by atomic mass is 32.1. The molecule has 0 saturated carbocycles. The third kappa shape index (κ3) is 6.05. The molecule has 27 heavy (non-hydrogen) atoms. The minimum Gasteiger partial charge on any atom is -0.364 e. The highest BCUT2D eigenvalue weighted by molar-refractivity contribution is 7.07. The third-order valence-electron chi connectivity index (χ3n) is 3.95. The van der Waals surface area contributed by atoms with Gasteiger partial charge in [0, 0.05) is 24.2 Å². The Hall–Kier alpha value is -2.43. The van der Waals surface area contributed by atoms with E-state index in [4.69, 9.17) is 5.73 Å². The Morgan fingerprint density at radius 3 is 2.37 bits per heavy atom. The largest absolute Gasteiger partial charge is 0.435 e. The number of aryl methyl sites for hydroxylation is 1. The number of hydrogen-bond acceptors (Lipinski definition) is 5. The van der Waals surface area contributed by atoms with Crippen molar-refractivity contribution in [1.82, 2.24) is 19.7 Å². The average Bonchev–Trinajstić information content (AvgIpc) is 3.26. The van der Waals surface area contributed by atoms with Crippen LogP contribution in [0.2, 0.25) is 0 Å². The van der Waals surface area contributed by atoms with Crippen LogP contribution in [-0.4, -0.2) is 44.6 Å². The van der Waals surface area contributed by atoms with E-state index in [-0.39, 0.29) is 12.5 Å². The van der Waals surface area contributed by atoms with Crippen molar-refractivity contribution in [3.63, 3.8) is 0 Å². The number of amides is 2. The number of aromatic nitrogens is 3. The molecule has 2 N–H and O–H groups in total. The molecular weight excluding hydrogens is 383 g/mol. The smallest absolute Gasteiger partial charge is 0.364 e. The van der Waals surface area contributed by atoms with Gasteiger partial charge < -0.3 is 10.6 Å². The Kier molecular flexibility index (Phi) is 6.94. The number of nitrogens with two attached hydrogens (primary N) is 1. The highest BCUT2D eigenvalue weighted by Crippen LogP contribution is 2.28. The minimum absolute atomic E-state index is 0.123. The predicted octanol–water partition coefficient (Wildman–Crippen LogP) is 2.46. The molecule has 1 aliphatic heterocycles. The first-order chi connectivity index (χ1) is 12.7. The van der Waals surface area contributed by atoms with Crippen molar-refractivity contribution in [3.05, 3.63) is 34.0 Å². The first-order valence-electron chi connectivity index (χ1n) is 8.26. The summed E-state index contributed by atoms with van der Waals surface area (Å²) in [6.45, 7) is 2.77. The Labute approximate surface area is 158 Å². The Balaban J connectivity index is 0.000000273. The lowest BCUT2D eigenvalue weighted by molar-refractivity contribution is -0.142. The lowest BCUT2D eigenvalue weighted by Crippen LogP contribution is -2.38. The van der Waals surface area contributed by atoms with E-state index in [0.717, 1.165) is 30.0 Å². The van der Waals surface area contributed by atoms with Gasteiger partial charge in [0.2, 0.25) is 5.91 Å². The van der Waals surface area contributed by atoms with E-state index in [9.17, 15) is 22.8 Å². The van der Waals surface area contributed by atoms with E-state index in [2.05, 4.69) is 10.1 Å². The number of carbonyl (C=O) groups excluding carboxylic acids is 2. The summed E-state index contributed by atoms with van der Waals surface area (Å²) in [4.78, 5) is 27.5. The summed E-state index contributed by atoms with van der Waals surface area (Å²) in [5.74, 6) is -0.633. The second kappa shape index (κ2) is 8.98. The molecule has 11 heteroatoms. The molecule has 3 rings (SSSR count). The SMILES string of the molecule is Cc1cc(C(F)(F)F)nn1CC(=O)N1CCCCC1.NC(=O)c1cscn1. The molecule has 0 radical (unpaired) electrons. The van der Waals surface area contributed by atoms with Crippen LogP contribution in [0.15, 0.2) is 17.0 Å². The topological polar surface area (TPSA) is 94.1 Å². The lowest BCUT2D eigenvalue weighted by atomic mass is 10.1. The molecule has 0 bridgehead atoms. The fourth-order valence-electron chi connectivity index (χ4n) is 2.51. The van der Waals surface area contributed by atoms with Crippen molar-refractivity contribution in [1.29, 1.82) is 0 Å². The summed E-state index contributed by atoms with van der Waals surface area (Å²) >= 11 is 1.36. The summed E-state index contributed by atoms with van der Waals surface area (Å²) in [6.07, 6.45) is -1.46. The normalized spacial score (nSPS) is 14.4. The zero-order valence-electron chi connectivity index (χ0n) is 14.7. The molecule has 148 valence electrons. The van der Waals surface area contributed by atoms with E-state index < -0.39 is 17.8 Å². The van der Waals surface area contributed by atoms with Gasteiger partial charge in [-0.1, -0.05) is 0 Å². The molecule has 2 aromatic rings. The van der Waals surface area contributed by atoms with Crippen molar-refractivity contribution >= 4 is 23.2 Å². The molecule has 3 heterocycles. The monoisotopic (exact) mass is 403 g/mol. The quantitative estimate of drug-likeness (QED) is 0.852. The van der Waals surface area contributed by atoms with Crippen LogP contribution in [0.1, 0.15) is 41.1 Å². The summed E-state index contributed by atoms with van der Waals surface area (Å²) in [5, 5.41) is 5.07. The number of thiazole rings is 1. The summed E-state index contributed by atoms with van der Waals surface area (Å²) in [5.41, 5.74) is 6.17. The summed E-state index contributed by atoms with van der Waals surface area (Å²) in [7, 11) is 0. The van der Waals surface area contributed by atoms with Gasteiger partial charge >= 0.3 is 6.18 Å². The van der Waals surface area contributed by atoms with E-state index in [1.807, 2.05) is 0 Å².